The Morgan fingerprint density at radius 1 is 1.64 bits per heavy atom. The summed E-state index contributed by atoms with van der Waals surface area (Å²) in [5.41, 5.74) is 1.02. The molecule has 0 radical (unpaired) electrons. The van der Waals surface area contributed by atoms with Crippen LogP contribution in [0.2, 0.25) is 5.28 Å². The van der Waals surface area contributed by atoms with E-state index >= 15 is 0 Å². The van der Waals surface area contributed by atoms with Crippen LogP contribution in [-0.4, -0.2) is 9.97 Å². The lowest BCUT2D eigenvalue weighted by atomic mass is 10.1. The van der Waals surface area contributed by atoms with E-state index in [-0.39, 0.29) is 0 Å². The molecular weight excluding hydrogens is 160 g/mol. The summed E-state index contributed by atoms with van der Waals surface area (Å²) in [6.07, 6.45) is 2.77. The molecule has 11 heavy (non-hydrogen) atoms. The number of hydrogen-bond donors (Lipinski definition) is 0. The van der Waals surface area contributed by atoms with Crippen LogP contribution in [0.25, 0.3) is 0 Å². The van der Waals surface area contributed by atoms with Crippen molar-refractivity contribution >= 4 is 11.6 Å². The Kier molecular flexibility index (Phi) is 2.83. The van der Waals surface area contributed by atoms with Gasteiger partial charge in [-0.3, -0.25) is 0 Å². The van der Waals surface area contributed by atoms with Crippen molar-refractivity contribution in [3.63, 3.8) is 0 Å². The Morgan fingerprint density at radius 3 is 2.91 bits per heavy atom. The average molecular weight is 171 g/mol. The molecule has 1 atom stereocenters. The summed E-state index contributed by atoms with van der Waals surface area (Å²) in [5, 5.41) is 0.336. The fraction of sp³-hybridized carbons (Fsp3) is 0.500. The smallest absolute Gasteiger partial charge is 0.222 e. The van der Waals surface area contributed by atoms with Gasteiger partial charge in [0.15, 0.2) is 0 Å². The van der Waals surface area contributed by atoms with Gasteiger partial charge in [0, 0.05) is 11.9 Å². The van der Waals surface area contributed by atoms with Crippen molar-refractivity contribution in [2.24, 2.45) is 0 Å². The van der Waals surface area contributed by atoms with Crippen LogP contribution in [0.4, 0.5) is 0 Å². The van der Waals surface area contributed by atoms with E-state index in [4.69, 9.17) is 11.6 Å². The van der Waals surface area contributed by atoms with Gasteiger partial charge in [0.1, 0.15) is 0 Å². The van der Waals surface area contributed by atoms with Crippen LogP contribution in [0.3, 0.4) is 0 Å². The van der Waals surface area contributed by atoms with Gasteiger partial charge in [-0.15, -0.1) is 0 Å². The van der Waals surface area contributed by atoms with Crippen LogP contribution in [0.1, 0.15) is 31.9 Å². The van der Waals surface area contributed by atoms with Gasteiger partial charge in [-0.1, -0.05) is 13.8 Å². The molecule has 1 rings (SSSR count). The monoisotopic (exact) mass is 170 g/mol. The minimum absolute atomic E-state index is 0.336. The Hall–Kier alpha value is -0.630. The van der Waals surface area contributed by atoms with E-state index in [2.05, 4.69) is 23.8 Å². The summed E-state index contributed by atoms with van der Waals surface area (Å²) < 4.78 is 0. The number of hydrogen-bond acceptors (Lipinski definition) is 2. The van der Waals surface area contributed by atoms with E-state index < -0.39 is 0 Å². The Morgan fingerprint density at radius 2 is 2.36 bits per heavy atom. The number of nitrogens with zero attached hydrogens (tertiary/aromatic N) is 2. The number of halogens is 1. The topological polar surface area (TPSA) is 25.8 Å². The van der Waals surface area contributed by atoms with E-state index in [0.29, 0.717) is 11.2 Å². The molecular formula is C8H11ClN2. The molecule has 0 spiro atoms. The van der Waals surface area contributed by atoms with Gasteiger partial charge in [0.2, 0.25) is 5.28 Å². The largest absolute Gasteiger partial charge is 0.227 e. The first kappa shape index (κ1) is 8.47. The Bertz CT molecular complexity index is 237. The van der Waals surface area contributed by atoms with Crippen LogP contribution >= 0.6 is 11.6 Å². The minimum Gasteiger partial charge on any atom is -0.227 e. The molecule has 1 aromatic heterocycles. The zero-order valence-electron chi connectivity index (χ0n) is 6.71. The predicted octanol–water partition coefficient (Wildman–Crippen LogP) is 2.64. The van der Waals surface area contributed by atoms with Crippen molar-refractivity contribution in [2.75, 3.05) is 0 Å². The zero-order valence-corrected chi connectivity index (χ0v) is 7.47. The molecule has 0 fully saturated rings. The summed E-state index contributed by atoms with van der Waals surface area (Å²) in [6.45, 7) is 4.25. The number of rotatable bonds is 2. The lowest BCUT2D eigenvalue weighted by molar-refractivity contribution is 0.704. The highest BCUT2D eigenvalue weighted by molar-refractivity contribution is 6.28. The van der Waals surface area contributed by atoms with E-state index in [1.807, 2.05) is 6.07 Å². The first-order valence-electron chi connectivity index (χ1n) is 3.72. The van der Waals surface area contributed by atoms with Crippen LogP contribution in [-0.2, 0) is 0 Å². The first-order chi connectivity index (χ1) is 5.24. The van der Waals surface area contributed by atoms with Gasteiger partial charge < -0.3 is 0 Å². The lowest BCUT2D eigenvalue weighted by Gasteiger charge is -2.05. The van der Waals surface area contributed by atoms with Gasteiger partial charge in [0.05, 0.1) is 0 Å². The second-order valence-corrected chi connectivity index (χ2v) is 2.90. The molecule has 0 aromatic carbocycles. The first-order valence-corrected chi connectivity index (χ1v) is 4.10. The standard InChI is InChI=1S/C8H11ClN2/c1-3-6(2)7-4-5-10-8(9)11-7/h4-6H,3H2,1-2H3. The van der Waals surface area contributed by atoms with Crippen LogP contribution in [0.15, 0.2) is 12.3 Å². The maximum absolute atomic E-state index is 5.62. The molecule has 60 valence electrons. The summed E-state index contributed by atoms with van der Waals surface area (Å²) in [7, 11) is 0. The fourth-order valence-corrected chi connectivity index (χ4v) is 0.985. The fourth-order valence-electron chi connectivity index (χ4n) is 0.831. The van der Waals surface area contributed by atoms with Crippen LogP contribution in [0, 0.1) is 0 Å². The van der Waals surface area contributed by atoms with Crippen molar-refractivity contribution < 1.29 is 0 Å². The minimum atomic E-state index is 0.336. The Balaban J connectivity index is 2.86. The molecule has 0 amide bonds. The van der Waals surface area contributed by atoms with Crippen LogP contribution < -0.4 is 0 Å². The van der Waals surface area contributed by atoms with Crippen molar-refractivity contribution in [1.29, 1.82) is 0 Å². The molecule has 1 aromatic rings. The molecule has 0 aliphatic rings. The normalized spacial score (nSPS) is 13.0. The number of aromatic nitrogens is 2. The van der Waals surface area contributed by atoms with E-state index in [0.717, 1.165) is 12.1 Å². The molecule has 3 heteroatoms. The predicted molar refractivity (Wildman–Crippen MR) is 45.7 cm³/mol. The molecule has 1 heterocycles. The molecule has 1 unspecified atom stereocenters. The van der Waals surface area contributed by atoms with Crippen molar-refractivity contribution in [2.45, 2.75) is 26.2 Å². The van der Waals surface area contributed by atoms with Gasteiger partial charge >= 0.3 is 0 Å². The van der Waals surface area contributed by atoms with E-state index in [1.165, 1.54) is 0 Å². The summed E-state index contributed by atoms with van der Waals surface area (Å²) in [6, 6.07) is 1.90. The second kappa shape index (κ2) is 3.67. The third-order valence-corrected chi connectivity index (χ3v) is 1.95. The van der Waals surface area contributed by atoms with Gasteiger partial charge in [0.25, 0.3) is 0 Å². The maximum atomic E-state index is 5.62. The van der Waals surface area contributed by atoms with Gasteiger partial charge in [-0.25, -0.2) is 9.97 Å². The highest BCUT2D eigenvalue weighted by Crippen LogP contribution is 2.16. The van der Waals surface area contributed by atoms with Crippen molar-refractivity contribution in [3.8, 4) is 0 Å². The molecule has 0 N–H and O–H groups in total. The lowest BCUT2D eigenvalue weighted by Crippen LogP contribution is -1.96. The summed E-state index contributed by atoms with van der Waals surface area (Å²) in [5.74, 6) is 0.468. The van der Waals surface area contributed by atoms with E-state index in [1.54, 1.807) is 6.20 Å². The summed E-state index contributed by atoms with van der Waals surface area (Å²) >= 11 is 5.62. The highest BCUT2D eigenvalue weighted by atomic mass is 35.5. The highest BCUT2D eigenvalue weighted by Gasteiger charge is 2.03. The molecule has 0 aliphatic heterocycles. The Labute approximate surface area is 71.6 Å². The molecule has 0 aliphatic carbocycles. The summed E-state index contributed by atoms with van der Waals surface area (Å²) in [4.78, 5) is 7.91. The van der Waals surface area contributed by atoms with Gasteiger partial charge in [-0.05, 0) is 30.0 Å². The van der Waals surface area contributed by atoms with Crippen molar-refractivity contribution in [3.05, 3.63) is 23.2 Å². The molecule has 2 nitrogen and oxygen atoms in total. The average Bonchev–Trinajstić information content (AvgIpc) is 2.03. The maximum Gasteiger partial charge on any atom is 0.222 e. The molecule has 0 saturated heterocycles. The van der Waals surface area contributed by atoms with Gasteiger partial charge in [-0.2, -0.15) is 0 Å². The van der Waals surface area contributed by atoms with Crippen molar-refractivity contribution in [1.82, 2.24) is 9.97 Å². The SMILES string of the molecule is CCC(C)c1ccnc(Cl)n1. The third-order valence-electron chi connectivity index (χ3n) is 1.76. The molecule has 0 bridgehead atoms. The zero-order chi connectivity index (χ0) is 8.27. The molecule has 0 saturated carbocycles. The van der Waals surface area contributed by atoms with E-state index in [9.17, 15) is 0 Å². The third kappa shape index (κ3) is 2.15. The second-order valence-electron chi connectivity index (χ2n) is 2.56. The quantitative estimate of drug-likeness (QED) is 0.638. The van der Waals surface area contributed by atoms with Crippen LogP contribution in [0.5, 0.6) is 0 Å².